The van der Waals surface area contributed by atoms with Crippen LogP contribution in [0.5, 0.6) is 0 Å². The Morgan fingerprint density at radius 1 is 1.44 bits per heavy atom. The van der Waals surface area contributed by atoms with Crippen LogP contribution in [0.25, 0.3) is 0 Å². The minimum atomic E-state index is -0.227. The Morgan fingerprint density at radius 2 is 2.17 bits per heavy atom. The molecule has 0 radical (unpaired) electrons. The Labute approximate surface area is 108 Å². The van der Waals surface area contributed by atoms with Gasteiger partial charge in [-0.3, -0.25) is 4.79 Å². The molecule has 1 aromatic rings. The first kappa shape index (κ1) is 13.1. The quantitative estimate of drug-likeness (QED) is 0.874. The minimum Gasteiger partial charge on any atom is -0.378 e. The highest BCUT2D eigenvalue weighted by molar-refractivity contribution is 5.96. The second-order valence-electron chi connectivity index (χ2n) is 4.50. The molecule has 1 unspecified atom stereocenters. The lowest BCUT2D eigenvalue weighted by atomic mass is 10.1. The van der Waals surface area contributed by atoms with E-state index >= 15 is 0 Å². The lowest BCUT2D eigenvalue weighted by Gasteiger charge is -2.27. The zero-order valence-corrected chi connectivity index (χ0v) is 11.0. The number of carbonyl (C=O) groups is 1. The number of carbonyl (C=O) groups excluding carboxylic acids is 1. The third-order valence-corrected chi connectivity index (χ3v) is 3.28. The average Bonchev–Trinajstić information content (AvgIpc) is 2.47. The van der Waals surface area contributed by atoms with Gasteiger partial charge in [0.25, 0.3) is 0 Å². The molecule has 1 atom stereocenters. The Hall–Kier alpha value is -1.39. The normalized spacial score (nSPS) is 19.6. The van der Waals surface area contributed by atoms with E-state index in [2.05, 4.69) is 24.4 Å². The monoisotopic (exact) mass is 248 g/mol. The third-order valence-electron chi connectivity index (χ3n) is 3.28. The number of anilines is 1. The molecule has 0 aliphatic carbocycles. The van der Waals surface area contributed by atoms with Gasteiger partial charge in [-0.1, -0.05) is 19.1 Å². The molecule has 0 bridgehead atoms. The number of likely N-dealkylation sites (N-methyl/N-ethyl adjacent to an activating group) is 1. The number of amides is 1. The smallest absolute Gasteiger partial charge is 0.246 e. The lowest BCUT2D eigenvalue weighted by Crippen LogP contribution is -2.51. The highest BCUT2D eigenvalue weighted by Gasteiger charge is 2.24. The summed E-state index contributed by atoms with van der Waals surface area (Å²) < 4.78 is 5.32. The van der Waals surface area contributed by atoms with Crippen molar-refractivity contribution in [2.75, 3.05) is 31.7 Å². The fourth-order valence-electron chi connectivity index (χ4n) is 2.04. The number of nitrogens with one attached hydrogen (secondary N) is 1. The van der Waals surface area contributed by atoms with Crippen molar-refractivity contribution in [3.8, 4) is 0 Å². The van der Waals surface area contributed by atoms with Gasteiger partial charge in [-0.15, -0.1) is 0 Å². The molecule has 1 aromatic carbocycles. The largest absolute Gasteiger partial charge is 0.378 e. The summed E-state index contributed by atoms with van der Waals surface area (Å²) in [5, 5.41) is 3.18. The van der Waals surface area contributed by atoms with Crippen molar-refractivity contribution in [2.24, 2.45) is 0 Å². The van der Waals surface area contributed by atoms with E-state index in [1.807, 2.05) is 12.1 Å². The molecule has 1 saturated heterocycles. The summed E-state index contributed by atoms with van der Waals surface area (Å²) in [7, 11) is 1.81. The first-order chi connectivity index (χ1) is 8.72. The molecule has 4 nitrogen and oxygen atoms in total. The summed E-state index contributed by atoms with van der Waals surface area (Å²) in [5.41, 5.74) is 2.20. The van der Waals surface area contributed by atoms with Gasteiger partial charge in [0.1, 0.15) is 6.04 Å². The van der Waals surface area contributed by atoms with Crippen LogP contribution in [0.1, 0.15) is 12.5 Å². The summed E-state index contributed by atoms with van der Waals surface area (Å²) in [6, 6.07) is 7.86. The Bertz CT molecular complexity index is 397. The van der Waals surface area contributed by atoms with Crippen LogP contribution in [0, 0.1) is 0 Å². The Kier molecular flexibility index (Phi) is 4.33. The van der Waals surface area contributed by atoms with E-state index in [0.29, 0.717) is 13.2 Å². The average molecular weight is 248 g/mol. The van der Waals surface area contributed by atoms with E-state index in [1.54, 1.807) is 11.9 Å². The minimum absolute atomic E-state index is 0.0546. The van der Waals surface area contributed by atoms with Crippen molar-refractivity contribution in [1.29, 1.82) is 0 Å². The molecule has 1 amide bonds. The van der Waals surface area contributed by atoms with Gasteiger partial charge in [0.15, 0.2) is 0 Å². The van der Waals surface area contributed by atoms with Gasteiger partial charge in [0, 0.05) is 19.3 Å². The van der Waals surface area contributed by atoms with Crippen LogP contribution in [-0.4, -0.2) is 38.8 Å². The summed E-state index contributed by atoms with van der Waals surface area (Å²) in [5.74, 6) is 0.0546. The number of rotatable bonds is 3. The van der Waals surface area contributed by atoms with E-state index < -0.39 is 0 Å². The van der Waals surface area contributed by atoms with Gasteiger partial charge in [0.05, 0.1) is 13.2 Å². The molecule has 1 aliphatic heterocycles. The van der Waals surface area contributed by atoms with Crippen molar-refractivity contribution >= 4 is 11.6 Å². The topological polar surface area (TPSA) is 41.6 Å². The Balaban J connectivity index is 2.04. The fourth-order valence-corrected chi connectivity index (χ4v) is 2.04. The molecular weight excluding hydrogens is 228 g/mol. The van der Waals surface area contributed by atoms with Gasteiger partial charge in [-0.25, -0.2) is 0 Å². The van der Waals surface area contributed by atoms with Crippen LogP contribution >= 0.6 is 0 Å². The van der Waals surface area contributed by atoms with Gasteiger partial charge >= 0.3 is 0 Å². The lowest BCUT2D eigenvalue weighted by molar-refractivity contribution is -0.123. The van der Waals surface area contributed by atoms with E-state index in [4.69, 9.17) is 4.74 Å². The van der Waals surface area contributed by atoms with Crippen LogP contribution in [-0.2, 0) is 16.0 Å². The predicted octanol–water partition coefficient (Wildman–Crippen LogP) is 1.20. The van der Waals surface area contributed by atoms with Gasteiger partial charge < -0.3 is 15.0 Å². The number of aryl methyl sites for hydroxylation is 1. The van der Waals surface area contributed by atoms with E-state index in [0.717, 1.165) is 18.7 Å². The molecule has 18 heavy (non-hydrogen) atoms. The first-order valence-corrected chi connectivity index (χ1v) is 6.40. The molecule has 1 aliphatic rings. The van der Waals surface area contributed by atoms with Crippen molar-refractivity contribution in [2.45, 2.75) is 19.4 Å². The number of hydrogen-bond acceptors (Lipinski definition) is 3. The van der Waals surface area contributed by atoms with Crippen LogP contribution < -0.4 is 10.2 Å². The number of ether oxygens (including phenoxy) is 1. The fraction of sp³-hybridized carbons (Fsp3) is 0.500. The number of nitrogens with zero attached hydrogens (tertiary/aromatic N) is 1. The zero-order valence-electron chi connectivity index (χ0n) is 11.0. The highest BCUT2D eigenvalue weighted by Crippen LogP contribution is 2.15. The van der Waals surface area contributed by atoms with E-state index in [9.17, 15) is 4.79 Å². The number of hydrogen-bond donors (Lipinski definition) is 1. The summed E-state index contributed by atoms with van der Waals surface area (Å²) in [6.07, 6.45) is 1.01. The maximum absolute atomic E-state index is 12.2. The predicted molar refractivity (Wildman–Crippen MR) is 71.8 cm³/mol. The van der Waals surface area contributed by atoms with Crippen molar-refractivity contribution in [3.05, 3.63) is 29.8 Å². The van der Waals surface area contributed by atoms with Crippen LogP contribution in [0.15, 0.2) is 24.3 Å². The molecule has 0 saturated carbocycles. The Morgan fingerprint density at radius 3 is 2.72 bits per heavy atom. The van der Waals surface area contributed by atoms with Crippen molar-refractivity contribution < 1.29 is 9.53 Å². The molecule has 98 valence electrons. The second kappa shape index (κ2) is 5.98. The third kappa shape index (κ3) is 2.89. The standard InChI is InChI=1S/C14H20N2O2/c1-3-11-4-6-12(7-5-11)16(2)14(17)13-10-18-9-8-15-13/h4-7,13,15H,3,8-10H2,1-2H3. The molecule has 0 spiro atoms. The molecule has 1 fully saturated rings. The molecule has 1 N–H and O–H groups in total. The zero-order chi connectivity index (χ0) is 13.0. The molecule has 4 heteroatoms. The maximum Gasteiger partial charge on any atom is 0.246 e. The van der Waals surface area contributed by atoms with Crippen LogP contribution in [0.2, 0.25) is 0 Å². The van der Waals surface area contributed by atoms with Gasteiger partial charge in [-0.2, -0.15) is 0 Å². The molecular formula is C14H20N2O2. The maximum atomic E-state index is 12.2. The van der Waals surface area contributed by atoms with E-state index in [-0.39, 0.29) is 11.9 Å². The summed E-state index contributed by atoms with van der Waals surface area (Å²) in [4.78, 5) is 13.9. The number of morpholine rings is 1. The van der Waals surface area contributed by atoms with Crippen LogP contribution in [0.3, 0.4) is 0 Å². The summed E-state index contributed by atoms with van der Waals surface area (Å²) in [6.45, 7) is 3.99. The SMILES string of the molecule is CCc1ccc(N(C)C(=O)C2COCCN2)cc1. The number of benzene rings is 1. The van der Waals surface area contributed by atoms with Crippen LogP contribution in [0.4, 0.5) is 5.69 Å². The summed E-state index contributed by atoms with van der Waals surface area (Å²) >= 11 is 0. The second-order valence-corrected chi connectivity index (χ2v) is 4.50. The molecule has 0 aromatic heterocycles. The van der Waals surface area contributed by atoms with Gasteiger partial charge in [-0.05, 0) is 24.1 Å². The molecule has 1 heterocycles. The van der Waals surface area contributed by atoms with Crippen molar-refractivity contribution in [1.82, 2.24) is 5.32 Å². The first-order valence-electron chi connectivity index (χ1n) is 6.40. The van der Waals surface area contributed by atoms with Gasteiger partial charge in [0.2, 0.25) is 5.91 Å². The van der Waals surface area contributed by atoms with E-state index in [1.165, 1.54) is 5.56 Å². The van der Waals surface area contributed by atoms with Crippen molar-refractivity contribution in [3.63, 3.8) is 0 Å². The molecule has 2 rings (SSSR count). The highest BCUT2D eigenvalue weighted by atomic mass is 16.5.